The molecule has 0 radical (unpaired) electrons. The van der Waals surface area contributed by atoms with Crippen LogP contribution in [0.5, 0.6) is 0 Å². The fourth-order valence-electron chi connectivity index (χ4n) is 7.81. The first-order valence-electron chi connectivity index (χ1n) is 14.3. The minimum atomic E-state index is -3.90. The van der Waals surface area contributed by atoms with E-state index >= 15 is 0 Å². The Labute approximate surface area is 255 Å². The smallest absolute Gasteiger partial charge is 0.248 e. The van der Waals surface area contributed by atoms with Gasteiger partial charge in [-0.2, -0.15) is 5.10 Å². The SMILES string of the molecule is O=S(=O)(NC(=NC12CC3CC(CC(C3)C1)C2)N1CC(c2ccccc2)C(c2ccc(Cl)cc2)=N1)c1ccc(Br)cc1. The Morgan fingerprint density at radius 2 is 1.51 bits per heavy atom. The topological polar surface area (TPSA) is 74.1 Å². The minimum Gasteiger partial charge on any atom is -0.248 e. The average Bonchev–Trinajstić information content (AvgIpc) is 3.39. The van der Waals surface area contributed by atoms with E-state index in [-0.39, 0.29) is 16.4 Å². The fourth-order valence-corrected chi connectivity index (χ4v) is 9.21. The molecule has 0 saturated heterocycles. The Morgan fingerprint density at radius 3 is 2.12 bits per heavy atom. The Morgan fingerprint density at radius 1 is 0.902 bits per heavy atom. The molecule has 9 heteroatoms. The van der Waals surface area contributed by atoms with Crippen molar-refractivity contribution >= 4 is 49.2 Å². The van der Waals surface area contributed by atoms with Gasteiger partial charge in [-0.1, -0.05) is 70.0 Å². The molecule has 1 N–H and O–H groups in total. The van der Waals surface area contributed by atoms with Gasteiger partial charge in [0.15, 0.2) is 0 Å². The zero-order valence-corrected chi connectivity index (χ0v) is 25.7. The lowest BCUT2D eigenvalue weighted by Crippen LogP contribution is -2.52. The van der Waals surface area contributed by atoms with Crippen LogP contribution in [0.3, 0.4) is 0 Å². The molecular weight excluding hydrogens is 620 g/mol. The molecule has 0 amide bonds. The number of benzene rings is 3. The third kappa shape index (κ3) is 5.46. The third-order valence-electron chi connectivity index (χ3n) is 9.20. The molecule has 41 heavy (non-hydrogen) atoms. The summed E-state index contributed by atoms with van der Waals surface area (Å²) in [5.74, 6) is 2.30. The van der Waals surface area contributed by atoms with Gasteiger partial charge in [-0.05, 0) is 104 Å². The molecule has 3 aromatic rings. The van der Waals surface area contributed by atoms with Crippen LogP contribution in [0.2, 0.25) is 5.02 Å². The number of hydrogen-bond acceptors (Lipinski definition) is 4. The van der Waals surface area contributed by atoms with E-state index in [4.69, 9.17) is 21.7 Å². The molecule has 212 valence electrons. The lowest BCUT2D eigenvalue weighted by atomic mass is 9.53. The number of nitrogens with zero attached hydrogens (tertiary/aromatic N) is 3. The van der Waals surface area contributed by atoms with Crippen LogP contribution in [-0.2, 0) is 10.0 Å². The first-order valence-corrected chi connectivity index (χ1v) is 17.0. The number of nitrogens with one attached hydrogen (secondary N) is 1. The number of hydrogen-bond donors (Lipinski definition) is 1. The van der Waals surface area contributed by atoms with E-state index in [1.807, 2.05) is 42.5 Å². The molecule has 1 atom stereocenters. The van der Waals surface area contributed by atoms with Crippen molar-refractivity contribution in [2.24, 2.45) is 27.8 Å². The van der Waals surface area contributed by atoms with Gasteiger partial charge in [0.1, 0.15) is 0 Å². The molecule has 0 spiro atoms. The summed E-state index contributed by atoms with van der Waals surface area (Å²) in [6, 6.07) is 24.6. The quantitative estimate of drug-likeness (QED) is 0.234. The fraction of sp³-hybridized carbons (Fsp3) is 0.375. The van der Waals surface area contributed by atoms with Crippen molar-refractivity contribution in [2.75, 3.05) is 6.54 Å². The van der Waals surface area contributed by atoms with E-state index in [1.165, 1.54) is 19.3 Å². The monoisotopic (exact) mass is 650 g/mol. The lowest BCUT2D eigenvalue weighted by molar-refractivity contribution is 0.00100. The van der Waals surface area contributed by atoms with Gasteiger partial charge >= 0.3 is 0 Å². The highest BCUT2D eigenvalue weighted by Crippen LogP contribution is 2.57. The van der Waals surface area contributed by atoms with Crippen LogP contribution in [0, 0.1) is 17.8 Å². The zero-order chi connectivity index (χ0) is 28.2. The van der Waals surface area contributed by atoms with Gasteiger partial charge in [0.25, 0.3) is 10.0 Å². The first kappa shape index (κ1) is 27.2. The number of halogens is 2. The largest absolute Gasteiger partial charge is 0.264 e. The van der Waals surface area contributed by atoms with Crippen molar-refractivity contribution < 1.29 is 8.42 Å². The van der Waals surface area contributed by atoms with Crippen LogP contribution < -0.4 is 4.72 Å². The minimum absolute atomic E-state index is 0.0591. The Balaban J connectivity index is 1.31. The predicted molar refractivity (Wildman–Crippen MR) is 167 cm³/mol. The van der Waals surface area contributed by atoms with Crippen molar-refractivity contribution in [1.29, 1.82) is 0 Å². The van der Waals surface area contributed by atoms with Crippen LogP contribution >= 0.6 is 27.5 Å². The van der Waals surface area contributed by atoms with Crippen molar-refractivity contribution in [2.45, 2.75) is 54.9 Å². The summed E-state index contributed by atoms with van der Waals surface area (Å²) in [6.45, 7) is 0.482. The van der Waals surface area contributed by atoms with Crippen LogP contribution in [0.25, 0.3) is 0 Å². The van der Waals surface area contributed by atoms with E-state index in [2.05, 4.69) is 32.8 Å². The molecule has 4 bridgehead atoms. The molecule has 3 aromatic carbocycles. The second kappa shape index (κ2) is 10.5. The molecule has 4 aliphatic carbocycles. The molecule has 5 aliphatic rings. The third-order valence-corrected chi connectivity index (χ3v) is 11.3. The maximum absolute atomic E-state index is 13.7. The molecule has 1 heterocycles. The normalized spacial score (nSPS) is 29.1. The molecule has 1 unspecified atom stereocenters. The highest BCUT2D eigenvalue weighted by atomic mass is 79.9. The summed E-state index contributed by atoms with van der Waals surface area (Å²) in [7, 11) is -3.90. The van der Waals surface area contributed by atoms with Crippen molar-refractivity contribution in [3.05, 3.63) is 99.5 Å². The van der Waals surface area contributed by atoms with Gasteiger partial charge < -0.3 is 0 Å². The highest BCUT2D eigenvalue weighted by Gasteiger charge is 2.51. The maximum Gasteiger partial charge on any atom is 0.264 e. The standard InChI is InChI=1S/C32H32BrClN4O2S/c33-26-8-12-28(13-9-26)41(39,40)37-31(35-32-17-21-14-22(18-32)16-23(15-21)19-32)38-20-29(24-4-2-1-3-5-24)30(36-38)25-6-10-27(34)11-7-25/h1-13,21-23,29H,14-20H2,(H,35,37). The summed E-state index contributed by atoms with van der Waals surface area (Å²) in [5, 5.41) is 7.53. The Bertz CT molecular complexity index is 1570. The highest BCUT2D eigenvalue weighted by molar-refractivity contribution is 9.10. The average molecular weight is 652 g/mol. The lowest BCUT2D eigenvalue weighted by Gasteiger charge is -2.55. The summed E-state index contributed by atoms with van der Waals surface area (Å²) in [4.78, 5) is 5.56. The molecule has 8 rings (SSSR count). The Hall–Kier alpha value is -2.68. The van der Waals surface area contributed by atoms with Gasteiger partial charge in [-0.25, -0.2) is 23.1 Å². The number of rotatable bonds is 5. The summed E-state index contributed by atoms with van der Waals surface area (Å²) in [6.07, 6.45) is 6.92. The molecule has 6 nitrogen and oxygen atoms in total. The second-order valence-corrected chi connectivity index (χ2v) is 15.2. The molecule has 4 saturated carbocycles. The summed E-state index contributed by atoms with van der Waals surface area (Å²) in [5.41, 5.74) is 2.70. The van der Waals surface area contributed by atoms with Crippen molar-refractivity contribution in [1.82, 2.24) is 9.73 Å². The van der Waals surface area contributed by atoms with Crippen LogP contribution in [0.4, 0.5) is 0 Å². The Kier molecular flexibility index (Phi) is 6.99. The van der Waals surface area contributed by atoms with Crippen LogP contribution in [-0.4, -0.2) is 37.2 Å². The maximum atomic E-state index is 13.7. The van der Waals surface area contributed by atoms with E-state index in [9.17, 15) is 8.42 Å². The molecule has 1 aliphatic heterocycles. The van der Waals surface area contributed by atoms with Gasteiger partial charge in [0.05, 0.1) is 22.7 Å². The van der Waals surface area contributed by atoms with Gasteiger partial charge in [0.2, 0.25) is 5.96 Å². The van der Waals surface area contributed by atoms with Crippen molar-refractivity contribution in [3.63, 3.8) is 0 Å². The molecule has 0 aromatic heterocycles. The van der Waals surface area contributed by atoms with Gasteiger partial charge in [-0.15, -0.1) is 0 Å². The first-order chi connectivity index (χ1) is 19.8. The van der Waals surface area contributed by atoms with E-state index in [1.54, 1.807) is 29.3 Å². The second-order valence-electron chi connectivity index (χ2n) is 12.2. The number of hydrazone groups is 1. The van der Waals surface area contributed by atoms with Crippen molar-refractivity contribution in [3.8, 4) is 0 Å². The van der Waals surface area contributed by atoms with Crippen LogP contribution in [0.15, 0.2) is 98.3 Å². The number of aliphatic imine (C=N–C) groups is 1. The van der Waals surface area contributed by atoms with Gasteiger partial charge in [0, 0.05) is 15.4 Å². The summed E-state index contributed by atoms with van der Waals surface area (Å²) < 4.78 is 31.2. The van der Waals surface area contributed by atoms with E-state index in [0.29, 0.717) is 35.3 Å². The predicted octanol–water partition coefficient (Wildman–Crippen LogP) is 7.21. The number of guanidine groups is 1. The summed E-state index contributed by atoms with van der Waals surface area (Å²) >= 11 is 9.62. The molecule has 4 fully saturated rings. The van der Waals surface area contributed by atoms with Crippen LogP contribution in [0.1, 0.15) is 55.6 Å². The molecular formula is C32H32BrClN4O2S. The van der Waals surface area contributed by atoms with E-state index < -0.39 is 10.0 Å². The number of sulfonamides is 1. The zero-order valence-electron chi connectivity index (χ0n) is 22.6. The van der Waals surface area contributed by atoms with Gasteiger partial charge in [-0.3, -0.25) is 0 Å². The van der Waals surface area contributed by atoms with E-state index in [0.717, 1.165) is 40.6 Å².